The standard InChI is InChI=1S/C12H12F3N3/c13-12(14,15)11-4-2-1-3-9(11)7-18-8-17-6-10(18)5-16/h1-4,6,8H,5,7,16H2. The number of alkyl halides is 3. The molecule has 1 heterocycles. The zero-order valence-electron chi connectivity index (χ0n) is 9.48. The van der Waals surface area contributed by atoms with Crippen LogP contribution in [0.3, 0.4) is 0 Å². The van der Waals surface area contributed by atoms with Crippen molar-refractivity contribution in [2.75, 3.05) is 0 Å². The molecule has 1 aromatic heterocycles. The van der Waals surface area contributed by atoms with Crippen LogP contribution >= 0.6 is 0 Å². The summed E-state index contributed by atoms with van der Waals surface area (Å²) in [5.74, 6) is 0. The van der Waals surface area contributed by atoms with Crippen LogP contribution in [0.15, 0.2) is 36.8 Å². The van der Waals surface area contributed by atoms with Crippen LogP contribution in [0, 0.1) is 0 Å². The summed E-state index contributed by atoms with van der Waals surface area (Å²) in [5.41, 5.74) is 5.77. The van der Waals surface area contributed by atoms with Gasteiger partial charge in [-0.05, 0) is 11.6 Å². The molecule has 0 aliphatic rings. The van der Waals surface area contributed by atoms with Crippen molar-refractivity contribution in [2.45, 2.75) is 19.3 Å². The van der Waals surface area contributed by atoms with E-state index in [2.05, 4.69) is 4.98 Å². The maximum atomic E-state index is 12.8. The van der Waals surface area contributed by atoms with Gasteiger partial charge in [-0.2, -0.15) is 13.2 Å². The van der Waals surface area contributed by atoms with Crippen molar-refractivity contribution in [1.29, 1.82) is 0 Å². The molecule has 0 amide bonds. The number of benzene rings is 1. The van der Waals surface area contributed by atoms with Crippen molar-refractivity contribution in [1.82, 2.24) is 9.55 Å². The summed E-state index contributed by atoms with van der Waals surface area (Å²) in [6.07, 6.45) is -1.31. The van der Waals surface area contributed by atoms with Gasteiger partial charge in [0, 0.05) is 19.3 Å². The van der Waals surface area contributed by atoms with E-state index in [1.807, 2.05) is 0 Å². The summed E-state index contributed by atoms with van der Waals surface area (Å²) in [4.78, 5) is 3.88. The molecule has 1 aromatic carbocycles. The average molecular weight is 255 g/mol. The Balaban J connectivity index is 2.35. The molecule has 0 bridgehead atoms. The van der Waals surface area contributed by atoms with Crippen molar-refractivity contribution >= 4 is 0 Å². The van der Waals surface area contributed by atoms with Gasteiger partial charge in [-0.3, -0.25) is 0 Å². The van der Waals surface area contributed by atoms with Gasteiger partial charge in [0.15, 0.2) is 0 Å². The van der Waals surface area contributed by atoms with Crippen molar-refractivity contribution in [3.05, 3.63) is 53.6 Å². The minimum atomic E-state index is -4.35. The first-order valence-electron chi connectivity index (χ1n) is 5.36. The highest BCUT2D eigenvalue weighted by Crippen LogP contribution is 2.32. The number of imidazole rings is 1. The summed E-state index contributed by atoms with van der Waals surface area (Å²) in [7, 11) is 0. The summed E-state index contributed by atoms with van der Waals surface area (Å²) in [5, 5.41) is 0. The highest BCUT2D eigenvalue weighted by Gasteiger charge is 2.32. The molecule has 2 aromatic rings. The lowest BCUT2D eigenvalue weighted by molar-refractivity contribution is -0.138. The van der Waals surface area contributed by atoms with Gasteiger partial charge in [0.25, 0.3) is 0 Å². The molecule has 3 nitrogen and oxygen atoms in total. The largest absolute Gasteiger partial charge is 0.416 e. The fourth-order valence-corrected chi connectivity index (χ4v) is 1.78. The quantitative estimate of drug-likeness (QED) is 0.915. The van der Waals surface area contributed by atoms with Crippen LogP contribution in [0.5, 0.6) is 0 Å². The Morgan fingerprint density at radius 3 is 2.61 bits per heavy atom. The Morgan fingerprint density at radius 2 is 1.94 bits per heavy atom. The van der Waals surface area contributed by atoms with E-state index in [4.69, 9.17) is 5.73 Å². The monoisotopic (exact) mass is 255 g/mol. The first-order chi connectivity index (χ1) is 8.52. The first-order valence-corrected chi connectivity index (χ1v) is 5.36. The molecule has 0 fully saturated rings. The Kier molecular flexibility index (Phi) is 3.38. The van der Waals surface area contributed by atoms with Gasteiger partial charge in [0.2, 0.25) is 0 Å². The van der Waals surface area contributed by atoms with Crippen LogP contribution in [0.25, 0.3) is 0 Å². The van der Waals surface area contributed by atoms with E-state index in [0.29, 0.717) is 5.69 Å². The Labute approximate surface area is 102 Å². The SMILES string of the molecule is NCc1cncn1Cc1ccccc1C(F)(F)F. The number of aromatic nitrogens is 2. The van der Waals surface area contributed by atoms with E-state index < -0.39 is 11.7 Å². The molecule has 0 unspecified atom stereocenters. The van der Waals surface area contributed by atoms with E-state index in [9.17, 15) is 13.2 Å². The molecule has 0 saturated heterocycles. The molecule has 0 aliphatic heterocycles. The molecule has 2 N–H and O–H groups in total. The molecule has 0 radical (unpaired) electrons. The van der Waals surface area contributed by atoms with Gasteiger partial charge in [0.1, 0.15) is 0 Å². The number of hydrogen-bond donors (Lipinski definition) is 1. The van der Waals surface area contributed by atoms with Gasteiger partial charge >= 0.3 is 6.18 Å². The molecular formula is C12H12F3N3. The van der Waals surface area contributed by atoms with E-state index >= 15 is 0 Å². The number of hydrogen-bond acceptors (Lipinski definition) is 2. The molecular weight excluding hydrogens is 243 g/mol. The molecule has 96 valence electrons. The molecule has 0 aliphatic carbocycles. The van der Waals surface area contributed by atoms with Crippen molar-refractivity contribution in [3.8, 4) is 0 Å². The zero-order chi connectivity index (χ0) is 13.2. The second-order valence-electron chi connectivity index (χ2n) is 3.87. The smallest absolute Gasteiger partial charge is 0.329 e. The molecule has 2 rings (SSSR count). The average Bonchev–Trinajstić information content (AvgIpc) is 2.75. The van der Waals surface area contributed by atoms with Crippen LogP contribution in [0.1, 0.15) is 16.8 Å². The number of rotatable bonds is 3. The van der Waals surface area contributed by atoms with Gasteiger partial charge < -0.3 is 10.3 Å². The van der Waals surface area contributed by atoms with Crippen LogP contribution in [-0.2, 0) is 19.3 Å². The molecule has 18 heavy (non-hydrogen) atoms. The van der Waals surface area contributed by atoms with E-state index in [0.717, 1.165) is 6.07 Å². The van der Waals surface area contributed by atoms with E-state index in [-0.39, 0.29) is 18.7 Å². The maximum absolute atomic E-state index is 12.8. The van der Waals surface area contributed by atoms with Gasteiger partial charge in [-0.15, -0.1) is 0 Å². The highest BCUT2D eigenvalue weighted by atomic mass is 19.4. The predicted octanol–water partition coefficient (Wildman–Crippen LogP) is 2.41. The van der Waals surface area contributed by atoms with Crippen LogP contribution < -0.4 is 5.73 Å². The maximum Gasteiger partial charge on any atom is 0.416 e. The minimum Gasteiger partial charge on any atom is -0.329 e. The van der Waals surface area contributed by atoms with Gasteiger partial charge in [0.05, 0.1) is 17.6 Å². The van der Waals surface area contributed by atoms with Crippen molar-refractivity contribution in [3.63, 3.8) is 0 Å². The van der Waals surface area contributed by atoms with E-state index in [1.165, 1.54) is 18.5 Å². The molecule has 0 atom stereocenters. The van der Waals surface area contributed by atoms with Crippen LogP contribution in [-0.4, -0.2) is 9.55 Å². The number of nitrogens with zero attached hydrogens (tertiary/aromatic N) is 2. The number of halogens is 3. The van der Waals surface area contributed by atoms with Crippen LogP contribution in [0.2, 0.25) is 0 Å². The number of nitrogens with two attached hydrogens (primary N) is 1. The molecule has 6 heteroatoms. The summed E-state index contributed by atoms with van der Waals surface area (Å²) in [6, 6.07) is 5.51. The summed E-state index contributed by atoms with van der Waals surface area (Å²) < 4.78 is 40.0. The lowest BCUT2D eigenvalue weighted by Crippen LogP contribution is -2.13. The topological polar surface area (TPSA) is 43.8 Å². The fraction of sp³-hybridized carbons (Fsp3) is 0.250. The van der Waals surface area contributed by atoms with Gasteiger partial charge in [-0.25, -0.2) is 4.98 Å². The lowest BCUT2D eigenvalue weighted by atomic mass is 10.1. The summed E-state index contributed by atoms with van der Waals surface area (Å²) in [6.45, 7) is 0.358. The second kappa shape index (κ2) is 4.81. The first kappa shape index (κ1) is 12.6. The van der Waals surface area contributed by atoms with Gasteiger partial charge in [-0.1, -0.05) is 18.2 Å². The normalized spacial score (nSPS) is 11.8. The van der Waals surface area contributed by atoms with Crippen molar-refractivity contribution < 1.29 is 13.2 Å². The highest BCUT2D eigenvalue weighted by molar-refractivity contribution is 5.30. The fourth-order valence-electron chi connectivity index (χ4n) is 1.78. The predicted molar refractivity (Wildman–Crippen MR) is 60.7 cm³/mol. The third-order valence-electron chi connectivity index (χ3n) is 2.67. The third kappa shape index (κ3) is 2.53. The Hall–Kier alpha value is -1.82. The lowest BCUT2D eigenvalue weighted by Gasteiger charge is -2.14. The summed E-state index contributed by atoms with van der Waals surface area (Å²) >= 11 is 0. The molecule has 0 spiro atoms. The van der Waals surface area contributed by atoms with E-state index in [1.54, 1.807) is 16.8 Å². The molecule has 0 saturated carbocycles. The second-order valence-corrected chi connectivity index (χ2v) is 3.87. The minimum absolute atomic E-state index is 0.113. The Morgan fingerprint density at radius 1 is 1.22 bits per heavy atom. The Bertz CT molecular complexity index is 531. The zero-order valence-corrected chi connectivity index (χ0v) is 9.48. The van der Waals surface area contributed by atoms with Crippen molar-refractivity contribution in [2.24, 2.45) is 5.73 Å². The van der Waals surface area contributed by atoms with Crippen LogP contribution in [0.4, 0.5) is 13.2 Å². The third-order valence-corrected chi connectivity index (χ3v) is 2.67.